The van der Waals surface area contributed by atoms with Crippen molar-refractivity contribution in [3.8, 4) is 0 Å². The van der Waals surface area contributed by atoms with E-state index < -0.39 is 42.1 Å². The van der Waals surface area contributed by atoms with Crippen molar-refractivity contribution in [3.63, 3.8) is 0 Å². The maximum absolute atomic E-state index is 13.9. The molecule has 4 aromatic rings. The van der Waals surface area contributed by atoms with Crippen molar-refractivity contribution in [2.24, 2.45) is 11.0 Å². The van der Waals surface area contributed by atoms with E-state index in [0.717, 1.165) is 29.7 Å². The summed E-state index contributed by atoms with van der Waals surface area (Å²) in [7, 11) is 0. The molecule has 47 heavy (non-hydrogen) atoms. The number of carbonyl (C=O) groups excluding carboxylic acids is 2. The molecule has 0 bridgehead atoms. The zero-order valence-corrected chi connectivity index (χ0v) is 24.8. The van der Waals surface area contributed by atoms with Crippen LogP contribution in [0.3, 0.4) is 0 Å². The van der Waals surface area contributed by atoms with Gasteiger partial charge in [0.05, 0.1) is 28.6 Å². The summed E-state index contributed by atoms with van der Waals surface area (Å²) in [5, 5.41) is 8.81. The van der Waals surface area contributed by atoms with Crippen LogP contribution >= 0.6 is 0 Å². The second kappa shape index (κ2) is 13.2. The maximum Gasteiger partial charge on any atom is 0.416 e. The minimum atomic E-state index is -4.55. The number of rotatable bonds is 7. The van der Waals surface area contributed by atoms with Crippen LogP contribution in [0.25, 0.3) is 6.08 Å². The molecule has 2 unspecified atom stereocenters. The highest BCUT2D eigenvalue weighted by molar-refractivity contribution is 6.08. The number of esters is 1. The summed E-state index contributed by atoms with van der Waals surface area (Å²) in [6, 6.07) is 21.9. The Morgan fingerprint density at radius 3 is 2.34 bits per heavy atom. The molecule has 6 rings (SSSR count). The Bertz CT molecular complexity index is 1850. The quantitative estimate of drug-likeness (QED) is 0.161. The van der Waals surface area contributed by atoms with Crippen molar-refractivity contribution >= 4 is 35.0 Å². The summed E-state index contributed by atoms with van der Waals surface area (Å²) in [5.74, 6) is -2.48. The van der Waals surface area contributed by atoms with Gasteiger partial charge in [0, 0.05) is 11.6 Å². The van der Waals surface area contributed by atoms with E-state index in [1.807, 2.05) is 6.08 Å². The fraction of sp³-hybridized carbons (Fsp3) is 0.194. The van der Waals surface area contributed by atoms with Crippen LogP contribution in [0.1, 0.15) is 52.4 Å². The van der Waals surface area contributed by atoms with Crippen LogP contribution in [0.15, 0.2) is 108 Å². The van der Waals surface area contributed by atoms with Crippen LogP contribution in [-0.4, -0.2) is 29.2 Å². The molecule has 2 atom stereocenters. The summed E-state index contributed by atoms with van der Waals surface area (Å²) in [6.07, 6.45) is -0.429. The monoisotopic (exact) mass is 645 g/mol. The van der Waals surface area contributed by atoms with E-state index in [-0.39, 0.29) is 28.7 Å². The van der Waals surface area contributed by atoms with Gasteiger partial charge in [-0.15, -0.1) is 0 Å². The molecule has 0 saturated heterocycles. The summed E-state index contributed by atoms with van der Waals surface area (Å²) < 4.78 is 72.4. The average molecular weight is 646 g/mol. The van der Waals surface area contributed by atoms with Gasteiger partial charge in [-0.2, -0.15) is 18.3 Å². The molecule has 11 heteroatoms. The number of anilines is 2. The average Bonchev–Trinajstić information content (AvgIpc) is 3.46. The summed E-state index contributed by atoms with van der Waals surface area (Å²) in [4.78, 5) is 26.9. The van der Waals surface area contributed by atoms with Crippen LogP contribution in [0, 0.1) is 17.6 Å². The number of para-hydroxylation sites is 1. The van der Waals surface area contributed by atoms with Gasteiger partial charge in [-0.05, 0) is 96.6 Å². The van der Waals surface area contributed by atoms with Gasteiger partial charge in [0.2, 0.25) is 0 Å². The Balaban J connectivity index is 1.23. The molecule has 1 amide bonds. The molecule has 6 nitrogen and oxygen atoms in total. The number of nitrogens with zero attached hydrogens (tertiary/aromatic N) is 2. The normalized spacial score (nSPS) is 18.4. The summed E-state index contributed by atoms with van der Waals surface area (Å²) in [6.45, 7) is -0.672. The fourth-order valence-electron chi connectivity index (χ4n) is 5.93. The molecule has 0 spiro atoms. The highest BCUT2D eigenvalue weighted by Gasteiger charge is 2.44. The van der Waals surface area contributed by atoms with Gasteiger partial charge in [-0.3, -0.25) is 4.79 Å². The van der Waals surface area contributed by atoms with E-state index in [1.54, 1.807) is 36.4 Å². The molecule has 1 aliphatic heterocycles. The molecule has 4 aromatic carbocycles. The van der Waals surface area contributed by atoms with E-state index in [2.05, 4.69) is 5.32 Å². The maximum atomic E-state index is 13.9. The Hall–Kier alpha value is -5.32. The predicted molar refractivity (Wildman–Crippen MR) is 167 cm³/mol. The van der Waals surface area contributed by atoms with E-state index in [1.165, 1.54) is 53.5 Å². The molecule has 1 aliphatic carbocycles. The molecule has 0 aromatic heterocycles. The second-order valence-corrected chi connectivity index (χ2v) is 11.3. The lowest BCUT2D eigenvalue weighted by Crippen LogP contribution is -2.34. The minimum Gasteiger partial charge on any atom is -0.452 e. The number of benzene rings is 4. The fourth-order valence-corrected chi connectivity index (χ4v) is 5.93. The van der Waals surface area contributed by atoms with Crippen molar-refractivity contribution in [3.05, 3.63) is 137 Å². The molecule has 1 fully saturated rings. The molecular weight excluding hydrogens is 617 g/mol. The van der Waals surface area contributed by atoms with Crippen LogP contribution < -0.4 is 5.32 Å². The zero-order chi connectivity index (χ0) is 33.1. The van der Waals surface area contributed by atoms with E-state index in [0.29, 0.717) is 24.1 Å². The van der Waals surface area contributed by atoms with Crippen molar-refractivity contribution in [2.45, 2.75) is 31.5 Å². The minimum absolute atomic E-state index is 0.0127. The number of halogens is 5. The van der Waals surface area contributed by atoms with Crippen LogP contribution in [0.2, 0.25) is 0 Å². The number of alkyl halides is 3. The highest BCUT2D eigenvalue weighted by Crippen LogP contribution is 2.44. The first kappa shape index (κ1) is 31.7. The van der Waals surface area contributed by atoms with Gasteiger partial charge in [0.1, 0.15) is 11.6 Å². The Kier molecular flexibility index (Phi) is 8.88. The SMILES string of the molecule is O=C(OCC(=O)N1N=C2/C(=C\c3ccc(F)cc3)CCCC2C1c1ccc(F)cc1)c1ccccc1Nc1cccc(C(F)(F)F)c1. The number of carbonyl (C=O) groups is 2. The third kappa shape index (κ3) is 7.09. The van der Waals surface area contributed by atoms with E-state index in [4.69, 9.17) is 9.84 Å². The predicted octanol–water partition coefficient (Wildman–Crippen LogP) is 8.71. The first-order chi connectivity index (χ1) is 22.6. The number of ether oxygens (including phenoxy) is 1. The molecule has 0 radical (unpaired) electrons. The van der Waals surface area contributed by atoms with Crippen molar-refractivity contribution in [2.75, 3.05) is 11.9 Å². The number of hydrogen-bond donors (Lipinski definition) is 1. The van der Waals surface area contributed by atoms with Gasteiger partial charge >= 0.3 is 12.1 Å². The standard InChI is InChI=1S/C36H28F5N3O3/c37-26-15-11-22(12-16-26)19-24-5-3-9-30-33(24)43-44(34(30)23-13-17-27(38)18-14-23)32(45)21-47-35(46)29-8-1-2-10-31(29)42-28-7-4-6-25(20-28)36(39,40)41/h1-2,4,6-8,10-20,30,34,42H,3,5,9,21H2/b24-19-. The van der Waals surface area contributed by atoms with Gasteiger partial charge in [0.15, 0.2) is 6.61 Å². The van der Waals surface area contributed by atoms with E-state index >= 15 is 0 Å². The summed E-state index contributed by atoms with van der Waals surface area (Å²) in [5.41, 5.74) is 2.47. The molecule has 1 N–H and O–H groups in total. The Labute approximate surface area is 267 Å². The third-order valence-electron chi connectivity index (χ3n) is 8.12. The number of hydrazone groups is 1. The lowest BCUT2D eigenvalue weighted by atomic mass is 9.77. The van der Waals surface area contributed by atoms with Gasteiger partial charge < -0.3 is 10.1 Å². The van der Waals surface area contributed by atoms with Crippen molar-refractivity contribution in [1.29, 1.82) is 0 Å². The van der Waals surface area contributed by atoms with Gasteiger partial charge in [-0.1, -0.05) is 42.5 Å². The highest BCUT2D eigenvalue weighted by atomic mass is 19.4. The van der Waals surface area contributed by atoms with Crippen molar-refractivity contribution in [1.82, 2.24) is 5.01 Å². The van der Waals surface area contributed by atoms with Gasteiger partial charge in [-0.25, -0.2) is 18.6 Å². The lowest BCUT2D eigenvalue weighted by Gasteiger charge is -2.29. The Morgan fingerprint density at radius 1 is 0.915 bits per heavy atom. The molecule has 240 valence electrons. The van der Waals surface area contributed by atoms with Crippen LogP contribution in [0.4, 0.5) is 33.3 Å². The van der Waals surface area contributed by atoms with E-state index in [9.17, 15) is 31.5 Å². The Morgan fingerprint density at radius 2 is 1.62 bits per heavy atom. The largest absolute Gasteiger partial charge is 0.452 e. The lowest BCUT2D eigenvalue weighted by molar-refractivity contribution is -0.138. The first-order valence-electron chi connectivity index (χ1n) is 14.9. The summed E-state index contributed by atoms with van der Waals surface area (Å²) >= 11 is 0. The zero-order valence-electron chi connectivity index (χ0n) is 24.8. The van der Waals surface area contributed by atoms with Crippen molar-refractivity contribution < 1.29 is 36.3 Å². The smallest absolute Gasteiger partial charge is 0.416 e. The first-order valence-corrected chi connectivity index (χ1v) is 14.9. The molecule has 1 saturated carbocycles. The third-order valence-corrected chi connectivity index (χ3v) is 8.12. The van der Waals surface area contributed by atoms with Crippen LogP contribution in [0.5, 0.6) is 0 Å². The number of amides is 1. The number of hydrogen-bond acceptors (Lipinski definition) is 5. The molecular formula is C36H28F5N3O3. The molecule has 2 aliphatic rings. The molecule has 1 heterocycles. The van der Waals surface area contributed by atoms with Gasteiger partial charge in [0.25, 0.3) is 5.91 Å². The van der Waals surface area contributed by atoms with Crippen LogP contribution in [-0.2, 0) is 15.7 Å². The number of fused-ring (bicyclic) bond motifs is 1. The second-order valence-electron chi connectivity index (χ2n) is 11.3. The number of nitrogens with one attached hydrogen (secondary N) is 1. The topological polar surface area (TPSA) is 71.0 Å². The number of allylic oxidation sites excluding steroid dienone is 1.